The van der Waals surface area contributed by atoms with E-state index in [-0.39, 0.29) is 0 Å². The number of hydrogen-bond donors (Lipinski definition) is 1. The van der Waals surface area contributed by atoms with E-state index in [4.69, 9.17) is 23.8 Å². The molecule has 0 saturated heterocycles. The molecule has 1 heterocycles. The van der Waals surface area contributed by atoms with Crippen LogP contribution in [-0.4, -0.2) is 9.36 Å². The van der Waals surface area contributed by atoms with Gasteiger partial charge in [0.25, 0.3) is 0 Å². The molecule has 5 heteroatoms. The zero-order chi connectivity index (χ0) is 9.26. The fourth-order valence-electron chi connectivity index (χ4n) is 0.962. The SMILES string of the molecule is S=c1[nH]c(-c2ccc(Cl)cc2)ns1. The smallest absolute Gasteiger partial charge is 0.178 e. The third-order valence-corrected chi connectivity index (χ3v) is 2.68. The van der Waals surface area contributed by atoms with Gasteiger partial charge in [-0.3, -0.25) is 0 Å². The zero-order valence-electron chi connectivity index (χ0n) is 6.45. The number of benzene rings is 1. The van der Waals surface area contributed by atoms with Crippen LogP contribution in [0.15, 0.2) is 24.3 Å². The summed E-state index contributed by atoms with van der Waals surface area (Å²) in [6.45, 7) is 0. The van der Waals surface area contributed by atoms with Gasteiger partial charge in [-0.15, -0.1) is 0 Å². The highest BCUT2D eigenvalue weighted by Gasteiger charge is 1.99. The highest BCUT2D eigenvalue weighted by Crippen LogP contribution is 2.18. The van der Waals surface area contributed by atoms with Gasteiger partial charge >= 0.3 is 0 Å². The monoisotopic (exact) mass is 228 g/mol. The molecular formula is C8H5ClN2S2. The Kier molecular flexibility index (Phi) is 2.44. The second-order valence-electron chi connectivity index (χ2n) is 2.45. The molecule has 0 fully saturated rings. The number of aromatic amines is 1. The number of rotatable bonds is 1. The van der Waals surface area contributed by atoms with Gasteiger partial charge < -0.3 is 4.98 Å². The van der Waals surface area contributed by atoms with Crippen molar-refractivity contribution >= 4 is 35.4 Å². The Morgan fingerprint density at radius 3 is 2.54 bits per heavy atom. The van der Waals surface area contributed by atoms with Crippen LogP contribution in [0.3, 0.4) is 0 Å². The first-order valence-electron chi connectivity index (χ1n) is 3.57. The molecule has 2 aromatic rings. The van der Waals surface area contributed by atoms with Crippen LogP contribution in [0, 0.1) is 3.95 Å². The van der Waals surface area contributed by atoms with Crippen LogP contribution < -0.4 is 0 Å². The van der Waals surface area contributed by atoms with Gasteiger partial charge in [0.05, 0.1) is 0 Å². The Hall–Kier alpha value is -0.710. The number of nitrogens with zero attached hydrogens (tertiary/aromatic N) is 1. The van der Waals surface area contributed by atoms with Gasteiger partial charge in [0.15, 0.2) is 9.78 Å². The summed E-state index contributed by atoms with van der Waals surface area (Å²) in [7, 11) is 0. The van der Waals surface area contributed by atoms with Crippen molar-refractivity contribution in [2.24, 2.45) is 0 Å². The van der Waals surface area contributed by atoms with Crippen LogP contribution >= 0.6 is 35.4 Å². The predicted molar refractivity (Wildman–Crippen MR) is 57.7 cm³/mol. The molecule has 2 nitrogen and oxygen atoms in total. The lowest BCUT2D eigenvalue weighted by Crippen LogP contribution is -1.78. The normalized spacial score (nSPS) is 10.2. The van der Waals surface area contributed by atoms with Gasteiger partial charge in [-0.25, -0.2) is 0 Å². The standard InChI is InChI=1S/C8H5ClN2S2/c9-6-3-1-5(2-4-6)7-10-8(12)13-11-7/h1-4H,(H,10,11,12). The molecular weight excluding hydrogens is 224 g/mol. The van der Waals surface area contributed by atoms with E-state index in [1.165, 1.54) is 11.5 Å². The van der Waals surface area contributed by atoms with Crippen LogP contribution in [0.4, 0.5) is 0 Å². The third-order valence-electron chi connectivity index (χ3n) is 1.56. The molecule has 0 aliphatic heterocycles. The minimum Gasteiger partial charge on any atom is -0.320 e. The minimum atomic E-state index is 0.685. The van der Waals surface area contributed by atoms with Gasteiger partial charge in [-0.1, -0.05) is 11.6 Å². The first kappa shape index (κ1) is 8.87. The number of aromatic nitrogens is 2. The minimum absolute atomic E-state index is 0.685. The van der Waals surface area contributed by atoms with Crippen LogP contribution in [0.25, 0.3) is 11.4 Å². The first-order valence-corrected chi connectivity index (χ1v) is 5.13. The lowest BCUT2D eigenvalue weighted by Gasteiger charge is -1.94. The van der Waals surface area contributed by atoms with Gasteiger partial charge in [0, 0.05) is 10.6 Å². The summed E-state index contributed by atoms with van der Waals surface area (Å²) in [5.74, 6) is 0.798. The van der Waals surface area contributed by atoms with E-state index in [9.17, 15) is 0 Å². The molecule has 0 bridgehead atoms. The molecule has 0 spiro atoms. The van der Waals surface area contributed by atoms with E-state index in [1.54, 1.807) is 0 Å². The maximum absolute atomic E-state index is 5.76. The molecule has 0 atom stereocenters. The van der Waals surface area contributed by atoms with Crippen molar-refractivity contribution < 1.29 is 0 Å². The van der Waals surface area contributed by atoms with E-state index in [0.29, 0.717) is 3.95 Å². The Morgan fingerprint density at radius 2 is 2.00 bits per heavy atom. The summed E-state index contributed by atoms with van der Waals surface area (Å²) in [5.41, 5.74) is 0.997. The Morgan fingerprint density at radius 1 is 1.31 bits per heavy atom. The van der Waals surface area contributed by atoms with Crippen molar-refractivity contribution in [1.29, 1.82) is 0 Å². The van der Waals surface area contributed by atoms with E-state index in [2.05, 4.69) is 9.36 Å². The number of nitrogens with one attached hydrogen (secondary N) is 1. The van der Waals surface area contributed by atoms with E-state index < -0.39 is 0 Å². The molecule has 0 aliphatic carbocycles. The molecule has 0 radical (unpaired) electrons. The van der Waals surface area contributed by atoms with Crippen LogP contribution in [-0.2, 0) is 0 Å². The van der Waals surface area contributed by atoms with E-state index in [0.717, 1.165) is 16.4 Å². The van der Waals surface area contributed by atoms with E-state index >= 15 is 0 Å². The number of H-pyrrole nitrogens is 1. The first-order chi connectivity index (χ1) is 6.25. The Bertz CT molecular complexity index is 457. The molecule has 1 aromatic carbocycles. The summed E-state index contributed by atoms with van der Waals surface area (Å²) >= 11 is 12.0. The average molecular weight is 229 g/mol. The maximum atomic E-state index is 5.76. The molecule has 13 heavy (non-hydrogen) atoms. The Balaban J connectivity index is 2.47. The van der Waals surface area contributed by atoms with Crippen molar-refractivity contribution in [3.8, 4) is 11.4 Å². The van der Waals surface area contributed by atoms with Crippen LogP contribution in [0.2, 0.25) is 5.02 Å². The van der Waals surface area contributed by atoms with Crippen molar-refractivity contribution in [3.63, 3.8) is 0 Å². The molecule has 0 aliphatic rings. The van der Waals surface area contributed by atoms with E-state index in [1.807, 2.05) is 24.3 Å². The fraction of sp³-hybridized carbons (Fsp3) is 0. The summed E-state index contributed by atoms with van der Waals surface area (Å²) in [6, 6.07) is 7.46. The topological polar surface area (TPSA) is 28.7 Å². The summed E-state index contributed by atoms with van der Waals surface area (Å²) < 4.78 is 4.84. The lowest BCUT2D eigenvalue weighted by atomic mass is 10.2. The largest absolute Gasteiger partial charge is 0.320 e. The summed E-state index contributed by atoms with van der Waals surface area (Å²) in [5, 5.41) is 0.720. The van der Waals surface area contributed by atoms with Crippen molar-refractivity contribution in [2.45, 2.75) is 0 Å². The number of hydrogen-bond acceptors (Lipinski definition) is 3. The number of halogens is 1. The molecule has 1 aromatic heterocycles. The second-order valence-corrected chi connectivity index (χ2v) is 4.33. The van der Waals surface area contributed by atoms with Crippen LogP contribution in [0.5, 0.6) is 0 Å². The average Bonchev–Trinajstić information content (AvgIpc) is 2.53. The highest BCUT2D eigenvalue weighted by atomic mass is 35.5. The van der Waals surface area contributed by atoms with Crippen molar-refractivity contribution in [1.82, 2.24) is 9.36 Å². The summed E-state index contributed by atoms with van der Waals surface area (Å²) in [4.78, 5) is 2.99. The third kappa shape index (κ3) is 1.96. The molecule has 0 unspecified atom stereocenters. The summed E-state index contributed by atoms with van der Waals surface area (Å²) in [6.07, 6.45) is 0. The highest BCUT2D eigenvalue weighted by molar-refractivity contribution is 7.73. The fourth-order valence-corrected chi connectivity index (χ4v) is 1.76. The van der Waals surface area contributed by atoms with Crippen molar-refractivity contribution in [2.75, 3.05) is 0 Å². The van der Waals surface area contributed by atoms with Gasteiger partial charge in [-0.05, 0) is 48.0 Å². The van der Waals surface area contributed by atoms with Gasteiger partial charge in [-0.2, -0.15) is 4.37 Å². The van der Waals surface area contributed by atoms with Gasteiger partial charge in [0.1, 0.15) is 0 Å². The molecule has 1 N–H and O–H groups in total. The van der Waals surface area contributed by atoms with Crippen LogP contribution in [0.1, 0.15) is 0 Å². The maximum Gasteiger partial charge on any atom is 0.178 e. The predicted octanol–water partition coefficient (Wildman–Crippen LogP) is 3.52. The van der Waals surface area contributed by atoms with Gasteiger partial charge in [0.2, 0.25) is 0 Å². The zero-order valence-corrected chi connectivity index (χ0v) is 8.84. The lowest BCUT2D eigenvalue weighted by molar-refractivity contribution is 1.31. The second kappa shape index (κ2) is 3.57. The molecule has 2 rings (SSSR count). The van der Waals surface area contributed by atoms with Crippen molar-refractivity contribution in [3.05, 3.63) is 33.2 Å². The quantitative estimate of drug-likeness (QED) is 0.757. The molecule has 66 valence electrons. The Labute approximate surface area is 89.4 Å². The molecule has 0 saturated carbocycles. The molecule has 0 amide bonds.